The van der Waals surface area contributed by atoms with Gasteiger partial charge in [-0.25, -0.2) is 9.97 Å². The zero-order chi connectivity index (χ0) is 18.5. The van der Waals surface area contributed by atoms with Crippen molar-refractivity contribution in [2.24, 2.45) is 0 Å². The smallest absolute Gasteiger partial charge is 0.260 e. The Kier molecular flexibility index (Phi) is 5.65. The third kappa shape index (κ3) is 4.28. The molecule has 0 aromatic carbocycles. The molecule has 7 heteroatoms. The van der Waals surface area contributed by atoms with Crippen LogP contribution in [0.15, 0.2) is 24.4 Å². The number of amides is 1. The number of anilines is 1. The monoisotopic (exact) mass is 355 g/mol. The molecule has 0 bridgehead atoms. The predicted molar refractivity (Wildman–Crippen MR) is 98.8 cm³/mol. The number of ether oxygens (including phenoxy) is 1. The molecule has 1 amide bonds. The summed E-state index contributed by atoms with van der Waals surface area (Å²) in [4.78, 5) is 27.0. The Morgan fingerprint density at radius 1 is 1.27 bits per heavy atom. The first-order valence-corrected chi connectivity index (χ1v) is 9.02. The highest BCUT2D eigenvalue weighted by Gasteiger charge is 2.25. The van der Waals surface area contributed by atoms with E-state index in [1.807, 2.05) is 36.9 Å². The van der Waals surface area contributed by atoms with Crippen LogP contribution in [0.4, 0.5) is 5.95 Å². The molecule has 0 atom stereocenters. The molecule has 0 unspecified atom stereocenters. The molecule has 138 valence electrons. The van der Waals surface area contributed by atoms with E-state index in [0.29, 0.717) is 30.7 Å². The van der Waals surface area contributed by atoms with Gasteiger partial charge in [-0.3, -0.25) is 9.78 Å². The van der Waals surface area contributed by atoms with Gasteiger partial charge in [0, 0.05) is 36.6 Å². The first-order chi connectivity index (χ1) is 12.6. The first-order valence-electron chi connectivity index (χ1n) is 9.02. The fourth-order valence-electron chi connectivity index (χ4n) is 3.25. The zero-order valence-corrected chi connectivity index (χ0v) is 15.3. The van der Waals surface area contributed by atoms with E-state index < -0.39 is 0 Å². The highest BCUT2D eigenvalue weighted by Crippen LogP contribution is 2.27. The topological polar surface area (TPSA) is 94.2 Å². The normalized spacial score (nSPS) is 15.1. The van der Waals surface area contributed by atoms with E-state index in [1.54, 1.807) is 6.20 Å². The van der Waals surface area contributed by atoms with E-state index in [4.69, 9.17) is 10.5 Å². The maximum Gasteiger partial charge on any atom is 0.260 e. The van der Waals surface area contributed by atoms with E-state index in [2.05, 4.69) is 15.0 Å². The van der Waals surface area contributed by atoms with Gasteiger partial charge in [0.25, 0.3) is 5.91 Å². The molecule has 2 aromatic heterocycles. The molecule has 3 rings (SSSR count). The molecule has 0 aliphatic carbocycles. The summed E-state index contributed by atoms with van der Waals surface area (Å²) in [6.45, 7) is 5.42. The predicted octanol–water partition coefficient (Wildman–Crippen LogP) is 2.11. The van der Waals surface area contributed by atoms with Gasteiger partial charge < -0.3 is 15.4 Å². The van der Waals surface area contributed by atoms with Crippen molar-refractivity contribution in [2.75, 3.05) is 25.4 Å². The van der Waals surface area contributed by atoms with Crippen LogP contribution in [0.3, 0.4) is 0 Å². The number of pyridine rings is 1. The van der Waals surface area contributed by atoms with Crippen LogP contribution < -0.4 is 10.5 Å². The highest BCUT2D eigenvalue weighted by atomic mass is 16.5. The van der Waals surface area contributed by atoms with E-state index in [0.717, 1.165) is 36.3 Å². The van der Waals surface area contributed by atoms with Gasteiger partial charge in [-0.1, -0.05) is 6.92 Å². The maximum atomic E-state index is 12.5. The minimum atomic E-state index is 0.00767. The molecule has 7 nitrogen and oxygen atoms in total. The summed E-state index contributed by atoms with van der Waals surface area (Å²) in [5.41, 5.74) is 8.46. The SMILES string of the molecule is CCc1nc(C)ccc1OCC(=O)N1CCC(c2ccnc(N)n2)CC1. The lowest BCUT2D eigenvalue weighted by Crippen LogP contribution is -2.40. The van der Waals surface area contributed by atoms with Crippen molar-refractivity contribution in [1.29, 1.82) is 0 Å². The summed E-state index contributed by atoms with van der Waals surface area (Å²) >= 11 is 0. The Hall–Kier alpha value is -2.70. The lowest BCUT2D eigenvalue weighted by Gasteiger charge is -2.31. The second kappa shape index (κ2) is 8.12. The summed E-state index contributed by atoms with van der Waals surface area (Å²) in [5, 5.41) is 0. The quantitative estimate of drug-likeness (QED) is 0.883. The van der Waals surface area contributed by atoms with Crippen molar-refractivity contribution in [3.05, 3.63) is 41.5 Å². The molecule has 1 fully saturated rings. The van der Waals surface area contributed by atoms with Gasteiger partial charge in [-0.2, -0.15) is 0 Å². The van der Waals surface area contributed by atoms with Gasteiger partial charge in [0.15, 0.2) is 6.61 Å². The van der Waals surface area contributed by atoms with Crippen LogP contribution in [0.25, 0.3) is 0 Å². The number of nitrogens with zero attached hydrogens (tertiary/aromatic N) is 4. The summed E-state index contributed by atoms with van der Waals surface area (Å²) in [7, 11) is 0. The summed E-state index contributed by atoms with van der Waals surface area (Å²) in [5.74, 6) is 1.32. The molecule has 1 aliphatic heterocycles. The van der Waals surface area contributed by atoms with Crippen molar-refractivity contribution in [3.63, 3.8) is 0 Å². The van der Waals surface area contributed by atoms with E-state index in [9.17, 15) is 4.79 Å². The average molecular weight is 355 g/mol. The van der Waals surface area contributed by atoms with Crippen LogP contribution in [0.2, 0.25) is 0 Å². The van der Waals surface area contributed by atoms with Gasteiger partial charge in [0.05, 0.1) is 5.69 Å². The molecule has 0 spiro atoms. The van der Waals surface area contributed by atoms with E-state index in [-0.39, 0.29) is 12.5 Å². The number of carbonyl (C=O) groups is 1. The lowest BCUT2D eigenvalue weighted by atomic mass is 9.93. The lowest BCUT2D eigenvalue weighted by molar-refractivity contribution is -0.134. The van der Waals surface area contributed by atoms with Crippen molar-refractivity contribution in [1.82, 2.24) is 19.9 Å². The van der Waals surface area contributed by atoms with Gasteiger partial charge in [-0.05, 0) is 44.4 Å². The van der Waals surface area contributed by atoms with Gasteiger partial charge in [0.2, 0.25) is 5.95 Å². The molecular formula is C19H25N5O2. The standard InChI is InChI=1S/C19H25N5O2/c1-3-15-17(5-4-13(2)22-15)26-12-18(25)24-10-7-14(8-11-24)16-6-9-21-19(20)23-16/h4-6,9,14H,3,7-8,10-12H2,1-2H3,(H2,20,21,23). The van der Waals surface area contributed by atoms with Gasteiger partial charge >= 0.3 is 0 Å². The van der Waals surface area contributed by atoms with Crippen LogP contribution in [0.1, 0.15) is 42.8 Å². The van der Waals surface area contributed by atoms with Gasteiger partial charge in [-0.15, -0.1) is 0 Å². The number of likely N-dealkylation sites (tertiary alicyclic amines) is 1. The molecular weight excluding hydrogens is 330 g/mol. The van der Waals surface area contributed by atoms with Crippen molar-refractivity contribution in [3.8, 4) is 5.75 Å². The fraction of sp³-hybridized carbons (Fsp3) is 0.474. The maximum absolute atomic E-state index is 12.5. The summed E-state index contributed by atoms with van der Waals surface area (Å²) < 4.78 is 5.73. The number of hydrogen-bond acceptors (Lipinski definition) is 6. The largest absolute Gasteiger partial charge is 0.482 e. The third-order valence-corrected chi connectivity index (χ3v) is 4.72. The molecule has 1 aliphatic rings. The highest BCUT2D eigenvalue weighted by molar-refractivity contribution is 5.77. The van der Waals surface area contributed by atoms with Crippen LogP contribution >= 0.6 is 0 Å². The molecule has 3 heterocycles. The van der Waals surface area contributed by atoms with Crippen LogP contribution in [-0.4, -0.2) is 45.5 Å². The third-order valence-electron chi connectivity index (χ3n) is 4.72. The van der Waals surface area contributed by atoms with E-state index in [1.165, 1.54) is 0 Å². The van der Waals surface area contributed by atoms with Crippen molar-refractivity contribution >= 4 is 11.9 Å². The average Bonchev–Trinajstić information content (AvgIpc) is 2.66. The van der Waals surface area contributed by atoms with Gasteiger partial charge in [0.1, 0.15) is 5.75 Å². The molecule has 0 radical (unpaired) electrons. The second-order valence-corrected chi connectivity index (χ2v) is 6.53. The van der Waals surface area contributed by atoms with E-state index >= 15 is 0 Å². The van der Waals surface area contributed by atoms with Crippen LogP contribution in [0, 0.1) is 6.92 Å². The summed E-state index contributed by atoms with van der Waals surface area (Å²) in [6.07, 6.45) is 4.20. The minimum absolute atomic E-state index is 0.00767. The number of nitrogen functional groups attached to an aromatic ring is 1. The Morgan fingerprint density at radius 2 is 2.04 bits per heavy atom. The second-order valence-electron chi connectivity index (χ2n) is 6.53. The molecule has 2 aromatic rings. The Balaban J connectivity index is 1.52. The van der Waals surface area contributed by atoms with Crippen LogP contribution in [0.5, 0.6) is 5.75 Å². The first kappa shape index (κ1) is 18.1. The number of piperidine rings is 1. The molecule has 2 N–H and O–H groups in total. The number of rotatable bonds is 5. The molecule has 26 heavy (non-hydrogen) atoms. The number of nitrogens with two attached hydrogens (primary N) is 1. The van der Waals surface area contributed by atoms with Crippen LogP contribution in [-0.2, 0) is 11.2 Å². The minimum Gasteiger partial charge on any atom is -0.482 e. The number of aromatic nitrogens is 3. The molecule has 1 saturated heterocycles. The Morgan fingerprint density at radius 3 is 2.73 bits per heavy atom. The Bertz CT molecular complexity index is 772. The zero-order valence-electron chi connectivity index (χ0n) is 15.3. The number of hydrogen-bond donors (Lipinski definition) is 1. The number of carbonyl (C=O) groups excluding carboxylic acids is 1. The fourth-order valence-corrected chi connectivity index (χ4v) is 3.25. The summed E-state index contributed by atoms with van der Waals surface area (Å²) in [6, 6.07) is 5.69. The van der Waals surface area contributed by atoms with Crippen molar-refractivity contribution in [2.45, 2.75) is 39.0 Å². The Labute approximate surface area is 153 Å². The van der Waals surface area contributed by atoms with Crippen molar-refractivity contribution < 1.29 is 9.53 Å². The molecule has 0 saturated carbocycles. The number of aryl methyl sites for hydroxylation is 2.